The van der Waals surface area contributed by atoms with Crippen LogP contribution in [0.3, 0.4) is 0 Å². The maximum absolute atomic E-state index is 12.9. The van der Waals surface area contributed by atoms with Crippen molar-refractivity contribution in [1.29, 1.82) is 0 Å². The first-order chi connectivity index (χ1) is 7.15. The van der Waals surface area contributed by atoms with Crippen molar-refractivity contribution in [3.8, 4) is 0 Å². The summed E-state index contributed by atoms with van der Waals surface area (Å²) in [5, 5.41) is 8.18. The summed E-state index contributed by atoms with van der Waals surface area (Å²) < 4.78 is 14.2. The van der Waals surface area contributed by atoms with Crippen molar-refractivity contribution < 1.29 is 4.39 Å². The van der Waals surface area contributed by atoms with E-state index in [9.17, 15) is 4.39 Å². The zero-order valence-corrected chi connectivity index (χ0v) is 10.7. The van der Waals surface area contributed by atoms with Gasteiger partial charge in [-0.25, -0.2) is 4.39 Å². The van der Waals surface area contributed by atoms with Crippen LogP contribution in [0.25, 0.3) is 0 Å². The van der Waals surface area contributed by atoms with Crippen molar-refractivity contribution in [2.75, 3.05) is 0 Å². The molecule has 0 aliphatic carbocycles. The van der Waals surface area contributed by atoms with E-state index in [1.165, 1.54) is 16.9 Å². The Balaban J connectivity index is 2.22. The molecule has 1 heterocycles. The Kier molecular flexibility index (Phi) is 3.16. The van der Waals surface area contributed by atoms with Gasteiger partial charge in [0.15, 0.2) is 9.21 Å². The largest absolute Gasteiger partial charge is 0.207 e. The molecule has 0 spiro atoms. The molecular formula is C9H6Br2FN3. The predicted octanol–water partition coefficient (Wildman–Crippen LogP) is 2.99. The van der Waals surface area contributed by atoms with E-state index in [0.717, 1.165) is 5.56 Å². The lowest BCUT2D eigenvalue weighted by atomic mass is 10.2. The molecule has 0 bridgehead atoms. The lowest BCUT2D eigenvalue weighted by molar-refractivity contribution is 0.578. The van der Waals surface area contributed by atoms with Gasteiger partial charge in [-0.1, -0.05) is 12.1 Å². The smallest absolute Gasteiger partial charge is 0.162 e. The molecule has 0 aliphatic heterocycles. The zero-order chi connectivity index (χ0) is 10.8. The Morgan fingerprint density at radius 2 is 1.87 bits per heavy atom. The van der Waals surface area contributed by atoms with Crippen LogP contribution in [0.1, 0.15) is 5.56 Å². The van der Waals surface area contributed by atoms with Gasteiger partial charge in [-0.15, -0.1) is 10.2 Å². The van der Waals surface area contributed by atoms with Gasteiger partial charge >= 0.3 is 0 Å². The van der Waals surface area contributed by atoms with Crippen LogP contribution in [0.5, 0.6) is 0 Å². The molecule has 2 rings (SSSR count). The number of rotatable bonds is 2. The van der Waals surface area contributed by atoms with Crippen molar-refractivity contribution in [3.63, 3.8) is 0 Å². The first-order valence-corrected chi connectivity index (χ1v) is 5.74. The molecule has 0 amide bonds. The Bertz CT molecular complexity index is 464. The van der Waals surface area contributed by atoms with E-state index in [4.69, 9.17) is 0 Å². The topological polar surface area (TPSA) is 30.7 Å². The van der Waals surface area contributed by atoms with Gasteiger partial charge < -0.3 is 0 Å². The van der Waals surface area contributed by atoms with Gasteiger partial charge in [0.2, 0.25) is 0 Å². The highest BCUT2D eigenvalue weighted by Gasteiger charge is 2.05. The number of aromatic nitrogens is 3. The minimum Gasteiger partial charge on any atom is -0.207 e. The van der Waals surface area contributed by atoms with Gasteiger partial charge in [0.1, 0.15) is 5.82 Å². The number of hydrogen-bond donors (Lipinski definition) is 0. The van der Waals surface area contributed by atoms with E-state index >= 15 is 0 Å². The highest BCUT2D eigenvalue weighted by Crippen LogP contribution is 2.17. The molecule has 0 radical (unpaired) electrons. The van der Waals surface area contributed by atoms with Gasteiger partial charge in [0.05, 0.1) is 6.54 Å². The Labute approximate surface area is 103 Å². The molecule has 15 heavy (non-hydrogen) atoms. The van der Waals surface area contributed by atoms with E-state index in [1.54, 1.807) is 6.07 Å². The van der Waals surface area contributed by atoms with E-state index in [2.05, 4.69) is 42.1 Å². The molecule has 0 aliphatic rings. The predicted molar refractivity (Wildman–Crippen MR) is 60.9 cm³/mol. The summed E-state index contributed by atoms with van der Waals surface area (Å²) >= 11 is 6.46. The van der Waals surface area contributed by atoms with Crippen molar-refractivity contribution in [2.24, 2.45) is 0 Å². The van der Waals surface area contributed by atoms with Crippen LogP contribution >= 0.6 is 31.9 Å². The van der Waals surface area contributed by atoms with Crippen molar-refractivity contribution in [3.05, 3.63) is 44.9 Å². The van der Waals surface area contributed by atoms with Crippen LogP contribution in [0, 0.1) is 5.82 Å². The van der Waals surface area contributed by atoms with E-state index < -0.39 is 0 Å². The summed E-state index contributed by atoms with van der Waals surface area (Å²) in [6.45, 7) is 0.446. The quantitative estimate of drug-likeness (QED) is 0.845. The Morgan fingerprint density at radius 1 is 1.20 bits per heavy atom. The van der Waals surface area contributed by atoms with E-state index in [0.29, 0.717) is 15.8 Å². The van der Waals surface area contributed by atoms with Crippen molar-refractivity contribution in [1.82, 2.24) is 15.0 Å². The molecule has 0 fully saturated rings. The lowest BCUT2D eigenvalue weighted by Crippen LogP contribution is -2.03. The first-order valence-electron chi connectivity index (χ1n) is 4.16. The second-order valence-electron chi connectivity index (χ2n) is 2.94. The second-order valence-corrected chi connectivity index (χ2v) is 4.44. The van der Waals surface area contributed by atoms with Crippen LogP contribution in [0.4, 0.5) is 4.39 Å². The Hall–Kier alpha value is -0.750. The number of nitrogens with zero attached hydrogens (tertiary/aromatic N) is 3. The summed E-state index contributed by atoms with van der Waals surface area (Å²) in [4.78, 5) is 1.49. The number of halogens is 3. The average Bonchev–Trinajstić information content (AvgIpc) is 2.45. The molecule has 0 atom stereocenters. The summed E-state index contributed by atoms with van der Waals surface area (Å²) in [6, 6.07) is 6.36. The monoisotopic (exact) mass is 333 g/mol. The van der Waals surface area contributed by atoms with Gasteiger partial charge in [0.25, 0.3) is 0 Å². The molecule has 3 nitrogen and oxygen atoms in total. The minimum atomic E-state index is -0.252. The van der Waals surface area contributed by atoms with Crippen molar-refractivity contribution in [2.45, 2.75) is 6.54 Å². The van der Waals surface area contributed by atoms with Crippen LogP contribution in [0.2, 0.25) is 0 Å². The minimum absolute atomic E-state index is 0.252. The molecule has 2 aromatic rings. The highest BCUT2D eigenvalue weighted by molar-refractivity contribution is 9.13. The molecule has 0 saturated heterocycles. The van der Waals surface area contributed by atoms with Crippen molar-refractivity contribution >= 4 is 31.9 Å². The lowest BCUT2D eigenvalue weighted by Gasteiger charge is -1.99. The summed E-state index contributed by atoms with van der Waals surface area (Å²) in [7, 11) is 0. The standard InChI is InChI=1S/C9H6Br2FN3/c10-8-9(11)14-15(13-8)5-6-2-1-3-7(12)4-6/h1-4H,5H2. The summed E-state index contributed by atoms with van der Waals surface area (Å²) in [5.41, 5.74) is 0.824. The van der Waals surface area contributed by atoms with Crippen LogP contribution in [0.15, 0.2) is 33.5 Å². The maximum atomic E-state index is 12.9. The molecular weight excluding hydrogens is 329 g/mol. The van der Waals surface area contributed by atoms with Gasteiger partial charge in [-0.05, 0) is 49.6 Å². The van der Waals surface area contributed by atoms with E-state index in [-0.39, 0.29) is 5.82 Å². The van der Waals surface area contributed by atoms with Crippen LogP contribution < -0.4 is 0 Å². The second kappa shape index (κ2) is 4.40. The van der Waals surface area contributed by atoms with E-state index in [1.807, 2.05) is 6.07 Å². The average molecular weight is 335 g/mol. The molecule has 1 aromatic carbocycles. The van der Waals surface area contributed by atoms with Gasteiger partial charge in [0, 0.05) is 0 Å². The van der Waals surface area contributed by atoms with Gasteiger partial charge in [-0.3, -0.25) is 0 Å². The fourth-order valence-corrected chi connectivity index (χ4v) is 1.70. The molecule has 0 unspecified atom stereocenters. The Morgan fingerprint density at radius 3 is 2.47 bits per heavy atom. The third kappa shape index (κ3) is 2.63. The number of benzene rings is 1. The SMILES string of the molecule is Fc1cccc(Cn2nc(Br)c(Br)n2)c1. The maximum Gasteiger partial charge on any atom is 0.162 e. The normalized spacial score (nSPS) is 10.6. The fraction of sp³-hybridized carbons (Fsp3) is 0.111. The number of hydrogen-bond acceptors (Lipinski definition) is 2. The summed E-state index contributed by atoms with van der Waals surface area (Å²) in [6.07, 6.45) is 0. The molecule has 1 aromatic heterocycles. The van der Waals surface area contributed by atoms with Gasteiger partial charge in [-0.2, -0.15) is 4.80 Å². The molecule has 6 heteroatoms. The van der Waals surface area contributed by atoms with Crippen LogP contribution in [-0.4, -0.2) is 15.0 Å². The first kappa shape index (κ1) is 10.8. The molecule has 0 N–H and O–H groups in total. The molecule has 0 saturated carbocycles. The third-order valence-corrected chi connectivity index (χ3v) is 3.39. The highest BCUT2D eigenvalue weighted by atomic mass is 79.9. The fourth-order valence-electron chi connectivity index (χ4n) is 1.18. The third-order valence-electron chi connectivity index (χ3n) is 1.79. The van der Waals surface area contributed by atoms with Crippen LogP contribution in [-0.2, 0) is 6.54 Å². The zero-order valence-electron chi connectivity index (χ0n) is 7.49. The summed E-state index contributed by atoms with van der Waals surface area (Å²) in [5.74, 6) is -0.252. The molecule has 78 valence electrons.